The number of fused-ring (bicyclic) bond motifs is 7. The second-order valence-corrected chi connectivity index (χ2v) is 13.1. The van der Waals surface area contributed by atoms with Crippen molar-refractivity contribution in [3.63, 3.8) is 0 Å². The first-order chi connectivity index (χ1) is 24.8. The van der Waals surface area contributed by atoms with Gasteiger partial charge in [-0.1, -0.05) is 164 Å². The van der Waals surface area contributed by atoms with Crippen LogP contribution in [0.4, 0.5) is 0 Å². The van der Waals surface area contributed by atoms with Crippen LogP contribution in [0.2, 0.25) is 0 Å². The lowest BCUT2D eigenvalue weighted by Gasteiger charge is -2.36. The zero-order chi connectivity index (χ0) is 33.1. The SMILES string of the molecule is C1=CC(C2(c3ccccc3)c3ccccc3-c3ccc4c5ccccc5n(-c5nc(-c6ccccc6)nc(-c6ccccc6)n5)c4c32)=CCC1. The Kier molecular flexibility index (Phi) is 6.50. The second kappa shape index (κ2) is 11.4. The van der Waals surface area contributed by atoms with Gasteiger partial charge in [0.15, 0.2) is 11.6 Å². The maximum Gasteiger partial charge on any atom is 0.238 e. The van der Waals surface area contributed by atoms with Gasteiger partial charge in [0.05, 0.1) is 16.4 Å². The Morgan fingerprint density at radius 3 is 1.86 bits per heavy atom. The molecule has 2 heterocycles. The first-order valence-electron chi connectivity index (χ1n) is 17.3. The number of allylic oxidation sites excluding steroid dienone is 4. The van der Waals surface area contributed by atoms with Gasteiger partial charge in [-0.05, 0) is 46.7 Å². The minimum absolute atomic E-state index is 0.548. The summed E-state index contributed by atoms with van der Waals surface area (Å²) in [4.78, 5) is 15.6. The largest absolute Gasteiger partial charge is 0.277 e. The number of aromatic nitrogens is 4. The molecule has 2 aliphatic carbocycles. The topological polar surface area (TPSA) is 43.6 Å². The number of benzene rings is 6. The normalized spacial score (nSPS) is 16.4. The fourth-order valence-electron chi connectivity index (χ4n) is 8.29. The van der Waals surface area contributed by atoms with E-state index in [4.69, 9.17) is 15.0 Å². The van der Waals surface area contributed by atoms with E-state index in [1.54, 1.807) is 0 Å². The summed E-state index contributed by atoms with van der Waals surface area (Å²) in [5, 5.41) is 2.34. The maximum absolute atomic E-state index is 5.29. The highest BCUT2D eigenvalue weighted by Crippen LogP contribution is 2.59. The highest BCUT2D eigenvalue weighted by Gasteiger charge is 2.49. The molecule has 0 amide bonds. The molecule has 0 saturated carbocycles. The van der Waals surface area contributed by atoms with Crippen molar-refractivity contribution in [2.24, 2.45) is 0 Å². The molecule has 10 rings (SSSR count). The van der Waals surface area contributed by atoms with Crippen molar-refractivity contribution in [2.75, 3.05) is 0 Å². The van der Waals surface area contributed by atoms with Crippen molar-refractivity contribution < 1.29 is 0 Å². The molecule has 0 bridgehead atoms. The van der Waals surface area contributed by atoms with E-state index in [-0.39, 0.29) is 0 Å². The average molecular weight is 641 g/mol. The zero-order valence-corrected chi connectivity index (χ0v) is 27.4. The van der Waals surface area contributed by atoms with Crippen LogP contribution in [-0.4, -0.2) is 19.5 Å². The first-order valence-corrected chi connectivity index (χ1v) is 17.3. The summed E-state index contributed by atoms with van der Waals surface area (Å²) >= 11 is 0. The first kappa shape index (κ1) is 28.6. The molecule has 8 aromatic rings. The molecule has 6 aromatic carbocycles. The van der Waals surface area contributed by atoms with Crippen molar-refractivity contribution >= 4 is 21.8 Å². The number of hydrogen-bond donors (Lipinski definition) is 0. The fourth-order valence-corrected chi connectivity index (χ4v) is 8.29. The number of hydrogen-bond acceptors (Lipinski definition) is 3. The summed E-state index contributed by atoms with van der Waals surface area (Å²) in [6.45, 7) is 0. The van der Waals surface area contributed by atoms with Crippen LogP contribution in [-0.2, 0) is 5.41 Å². The van der Waals surface area contributed by atoms with Crippen LogP contribution in [0.25, 0.3) is 61.7 Å². The standard InChI is InChI=1S/C46H32N4/c1-5-17-31(18-6-1)43-47-44(32-19-7-2-8-20-32)49-45(48-43)50-40-28-16-14-26-36(40)38-30-29-37-35-25-13-15-27-39(35)46(41(37)42(38)50,33-21-9-3-10-22-33)34-23-11-4-12-24-34/h1-3,5-11,13-30H,4,12H2. The van der Waals surface area contributed by atoms with Crippen LogP contribution >= 0.6 is 0 Å². The third-order valence-electron chi connectivity index (χ3n) is 10.4. The van der Waals surface area contributed by atoms with Crippen molar-refractivity contribution in [3.05, 3.63) is 192 Å². The molecule has 236 valence electrons. The highest BCUT2D eigenvalue weighted by molar-refractivity contribution is 6.13. The average Bonchev–Trinajstić information content (AvgIpc) is 3.70. The molecule has 0 saturated heterocycles. The summed E-state index contributed by atoms with van der Waals surface area (Å²) in [5.74, 6) is 1.88. The van der Waals surface area contributed by atoms with Crippen LogP contribution in [0.5, 0.6) is 0 Å². The molecule has 0 fully saturated rings. The van der Waals surface area contributed by atoms with Crippen molar-refractivity contribution in [1.29, 1.82) is 0 Å². The Balaban J connectivity index is 1.39. The lowest BCUT2D eigenvalue weighted by Crippen LogP contribution is -2.30. The van der Waals surface area contributed by atoms with E-state index < -0.39 is 5.41 Å². The smallest absolute Gasteiger partial charge is 0.238 e. The van der Waals surface area contributed by atoms with E-state index in [2.05, 4.69) is 138 Å². The monoisotopic (exact) mass is 640 g/mol. The van der Waals surface area contributed by atoms with E-state index in [0.717, 1.165) is 35.0 Å². The van der Waals surface area contributed by atoms with E-state index in [1.165, 1.54) is 44.2 Å². The van der Waals surface area contributed by atoms with E-state index in [9.17, 15) is 0 Å². The molecular formula is C46H32N4. The lowest BCUT2D eigenvalue weighted by atomic mass is 9.66. The minimum atomic E-state index is -0.548. The van der Waals surface area contributed by atoms with Crippen LogP contribution in [0, 0.1) is 0 Å². The molecule has 0 aliphatic heterocycles. The highest BCUT2D eigenvalue weighted by atomic mass is 15.2. The molecular weight excluding hydrogens is 609 g/mol. The zero-order valence-electron chi connectivity index (χ0n) is 27.4. The van der Waals surface area contributed by atoms with Gasteiger partial charge in [-0.3, -0.25) is 4.57 Å². The van der Waals surface area contributed by atoms with Gasteiger partial charge < -0.3 is 0 Å². The van der Waals surface area contributed by atoms with Crippen molar-refractivity contribution in [3.8, 4) is 39.9 Å². The Hall–Kier alpha value is -6.39. The number of para-hydroxylation sites is 1. The Bertz CT molecular complexity index is 2580. The Morgan fingerprint density at radius 1 is 0.520 bits per heavy atom. The molecule has 4 nitrogen and oxygen atoms in total. The summed E-state index contributed by atoms with van der Waals surface area (Å²) in [5.41, 5.74) is 11.1. The molecule has 1 atom stereocenters. The van der Waals surface area contributed by atoms with Crippen LogP contribution < -0.4 is 0 Å². The van der Waals surface area contributed by atoms with Gasteiger partial charge in [0.1, 0.15) is 0 Å². The molecule has 1 unspecified atom stereocenters. The van der Waals surface area contributed by atoms with Crippen molar-refractivity contribution in [1.82, 2.24) is 19.5 Å². The summed E-state index contributed by atoms with van der Waals surface area (Å²) in [6.07, 6.45) is 9.20. The molecule has 0 spiro atoms. The summed E-state index contributed by atoms with van der Waals surface area (Å²) in [6, 6.07) is 53.8. The van der Waals surface area contributed by atoms with Crippen LogP contribution in [0.15, 0.2) is 175 Å². The van der Waals surface area contributed by atoms with E-state index >= 15 is 0 Å². The van der Waals surface area contributed by atoms with Crippen LogP contribution in [0.3, 0.4) is 0 Å². The third kappa shape index (κ3) is 4.15. The molecule has 50 heavy (non-hydrogen) atoms. The predicted molar refractivity (Wildman–Crippen MR) is 203 cm³/mol. The van der Waals surface area contributed by atoms with E-state index in [0.29, 0.717) is 17.6 Å². The quantitative estimate of drug-likeness (QED) is 0.188. The molecule has 2 aromatic heterocycles. The van der Waals surface area contributed by atoms with Gasteiger partial charge in [0.25, 0.3) is 0 Å². The van der Waals surface area contributed by atoms with Gasteiger partial charge in [0.2, 0.25) is 5.95 Å². The van der Waals surface area contributed by atoms with Gasteiger partial charge in [0, 0.05) is 27.5 Å². The predicted octanol–water partition coefficient (Wildman–Crippen LogP) is 10.9. The fraction of sp³-hybridized carbons (Fsp3) is 0.0652. The summed E-state index contributed by atoms with van der Waals surface area (Å²) in [7, 11) is 0. The van der Waals surface area contributed by atoms with Crippen LogP contribution in [0.1, 0.15) is 29.5 Å². The Morgan fingerprint density at radius 2 is 1.16 bits per heavy atom. The second-order valence-electron chi connectivity index (χ2n) is 13.1. The van der Waals surface area contributed by atoms with Gasteiger partial charge >= 0.3 is 0 Å². The maximum atomic E-state index is 5.29. The summed E-state index contributed by atoms with van der Waals surface area (Å²) < 4.78 is 2.31. The van der Waals surface area contributed by atoms with Crippen molar-refractivity contribution in [2.45, 2.75) is 18.3 Å². The molecule has 0 N–H and O–H groups in total. The van der Waals surface area contributed by atoms with Gasteiger partial charge in [-0.2, -0.15) is 9.97 Å². The van der Waals surface area contributed by atoms with Gasteiger partial charge in [-0.15, -0.1) is 0 Å². The number of rotatable bonds is 5. The minimum Gasteiger partial charge on any atom is -0.277 e. The third-order valence-corrected chi connectivity index (χ3v) is 10.4. The Labute approximate surface area is 290 Å². The van der Waals surface area contributed by atoms with E-state index in [1.807, 2.05) is 36.4 Å². The molecule has 0 radical (unpaired) electrons. The van der Waals surface area contributed by atoms with Gasteiger partial charge in [-0.25, -0.2) is 4.98 Å². The lowest BCUT2D eigenvalue weighted by molar-refractivity contribution is 0.753. The number of nitrogens with zero attached hydrogens (tertiary/aromatic N) is 4. The molecule has 2 aliphatic rings. The molecule has 4 heteroatoms.